The van der Waals surface area contributed by atoms with Gasteiger partial charge in [-0.05, 0) is 106 Å². The van der Waals surface area contributed by atoms with Crippen molar-refractivity contribution in [2.45, 2.75) is 110 Å². The molecule has 160 valence electrons. The molecule has 4 saturated carbocycles. The van der Waals surface area contributed by atoms with Gasteiger partial charge in [-0.2, -0.15) is 0 Å². The smallest absolute Gasteiger partial charge is 0.136 e. The fourth-order valence-corrected chi connectivity index (χ4v) is 8.27. The fourth-order valence-electron chi connectivity index (χ4n) is 8.27. The Morgan fingerprint density at radius 1 is 1.04 bits per heavy atom. The molecular formula is C25H42O3. The Bertz CT molecular complexity index is 607. The maximum atomic E-state index is 13.4. The summed E-state index contributed by atoms with van der Waals surface area (Å²) in [6, 6.07) is 0. The third-order valence-electron chi connectivity index (χ3n) is 9.98. The van der Waals surface area contributed by atoms with Gasteiger partial charge in [0.05, 0.1) is 11.7 Å². The van der Waals surface area contributed by atoms with Gasteiger partial charge >= 0.3 is 0 Å². The number of aliphatic hydroxyl groups excluding tert-OH is 1. The first-order valence-corrected chi connectivity index (χ1v) is 12.0. The van der Waals surface area contributed by atoms with Crippen molar-refractivity contribution >= 4 is 5.78 Å². The maximum Gasteiger partial charge on any atom is 0.136 e. The van der Waals surface area contributed by atoms with Gasteiger partial charge in [0.2, 0.25) is 0 Å². The van der Waals surface area contributed by atoms with Gasteiger partial charge in [-0.15, -0.1) is 0 Å². The maximum absolute atomic E-state index is 13.4. The summed E-state index contributed by atoms with van der Waals surface area (Å²) in [7, 11) is 0. The van der Waals surface area contributed by atoms with Crippen molar-refractivity contribution in [1.29, 1.82) is 0 Å². The van der Waals surface area contributed by atoms with Crippen LogP contribution in [0.1, 0.15) is 98.3 Å². The van der Waals surface area contributed by atoms with Gasteiger partial charge in [0.15, 0.2) is 0 Å². The highest BCUT2D eigenvalue weighted by atomic mass is 16.3. The first-order chi connectivity index (χ1) is 13.0. The summed E-state index contributed by atoms with van der Waals surface area (Å²) in [5.41, 5.74) is 0.0109. The molecule has 0 spiro atoms. The molecule has 3 nitrogen and oxygen atoms in total. The van der Waals surface area contributed by atoms with Crippen LogP contribution in [-0.4, -0.2) is 27.7 Å². The van der Waals surface area contributed by atoms with Crippen molar-refractivity contribution in [2.75, 3.05) is 0 Å². The third kappa shape index (κ3) is 3.39. The normalized spacial score (nSPS) is 48.7. The van der Waals surface area contributed by atoms with Crippen LogP contribution in [0.25, 0.3) is 0 Å². The number of fused-ring (bicyclic) bond motifs is 5. The van der Waals surface area contributed by atoms with E-state index in [1.54, 1.807) is 0 Å². The Morgan fingerprint density at radius 2 is 1.71 bits per heavy atom. The van der Waals surface area contributed by atoms with Gasteiger partial charge in [-0.25, -0.2) is 0 Å². The lowest BCUT2D eigenvalue weighted by Crippen LogP contribution is -2.57. The van der Waals surface area contributed by atoms with E-state index in [9.17, 15) is 15.0 Å². The number of carbonyl (C=O) groups excluding carboxylic acids is 1. The number of hydrogen-bond acceptors (Lipinski definition) is 3. The van der Waals surface area contributed by atoms with E-state index in [2.05, 4.69) is 13.8 Å². The molecule has 0 aromatic heterocycles. The van der Waals surface area contributed by atoms with Crippen LogP contribution < -0.4 is 0 Å². The van der Waals surface area contributed by atoms with E-state index in [1.807, 2.05) is 13.8 Å². The summed E-state index contributed by atoms with van der Waals surface area (Å²) >= 11 is 0. The van der Waals surface area contributed by atoms with E-state index in [-0.39, 0.29) is 17.4 Å². The summed E-state index contributed by atoms with van der Waals surface area (Å²) in [4.78, 5) is 13.4. The van der Waals surface area contributed by atoms with Crippen LogP contribution in [0.3, 0.4) is 0 Å². The monoisotopic (exact) mass is 390 g/mol. The fraction of sp³-hybridized carbons (Fsp3) is 0.960. The molecule has 0 aromatic carbocycles. The summed E-state index contributed by atoms with van der Waals surface area (Å²) in [5, 5.41) is 20.3. The number of Topliss-reactive ketones (excluding diaryl/α,β-unsaturated/α-hetero) is 1. The standard InChI is InChI=1S/C25H42O3/c1-23(2,28)11-5-6-16-7-8-19-22-20(10-13-24(16,19)3)25(4)12-9-18(26)14-17(25)15-21(22)27/h16-20,22,26,28H,5-15H2,1-4H3/t16-,17?,18-,19?,20?,22?,24+,25?/m0/s1. The van der Waals surface area contributed by atoms with Gasteiger partial charge < -0.3 is 10.2 Å². The first-order valence-electron chi connectivity index (χ1n) is 12.0. The minimum atomic E-state index is -0.564. The molecular weight excluding hydrogens is 348 g/mol. The molecule has 0 saturated heterocycles. The molecule has 0 radical (unpaired) electrons. The van der Waals surface area contributed by atoms with E-state index in [0.717, 1.165) is 32.1 Å². The van der Waals surface area contributed by atoms with Crippen LogP contribution in [0.4, 0.5) is 0 Å². The molecule has 4 aliphatic carbocycles. The third-order valence-corrected chi connectivity index (χ3v) is 9.98. The van der Waals surface area contributed by atoms with Crippen molar-refractivity contribution in [3.63, 3.8) is 0 Å². The molecule has 4 aliphatic rings. The van der Waals surface area contributed by atoms with E-state index in [4.69, 9.17) is 0 Å². The van der Waals surface area contributed by atoms with Crippen LogP contribution in [-0.2, 0) is 4.79 Å². The Morgan fingerprint density at radius 3 is 2.43 bits per heavy atom. The van der Waals surface area contributed by atoms with Gasteiger partial charge in [-0.3, -0.25) is 4.79 Å². The van der Waals surface area contributed by atoms with Gasteiger partial charge in [0, 0.05) is 12.3 Å². The Balaban J connectivity index is 1.51. The second kappa shape index (κ2) is 7.08. The highest BCUT2D eigenvalue weighted by Gasteiger charge is 2.62. The molecule has 0 bridgehead atoms. The van der Waals surface area contributed by atoms with Crippen molar-refractivity contribution in [3.8, 4) is 0 Å². The minimum absolute atomic E-state index is 0.192. The average Bonchev–Trinajstić information content (AvgIpc) is 2.92. The number of carbonyl (C=O) groups is 1. The molecule has 0 amide bonds. The molecule has 2 N–H and O–H groups in total. The van der Waals surface area contributed by atoms with Gasteiger partial charge in [-0.1, -0.05) is 20.3 Å². The van der Waals surface area contributed by atoms with E-state index in [0.29, 0.717) is 41.3 Å². The van der Waals surface area contributed by atoms with Crippen LogP contribution >= 0.6 is 0 Å². The zero-order chi connectivity index (χ0) is 20.3. The SMILES string of the molecule is CC(C)(O)CCC[C@H]1CCC2C3C(=O)CC4C[C@@H](O)CCC4(C)C3CC[C@@]21C. The molecule has 8 atom stereocenters. The van der Waals surface area contributed by atoms with E-state index >= 15 is 0 Å². The Hall–Kier alpha value is -0.410. The largest absolute Gasteiger partial charge is 0.393 e. The minimum Gasteiger partial charge on any atom is -0.393 e. The average molecular weight is 391 g/mol. The number of rotatable bonds is 4. The molecule has 3 heteroatoms. The lowest BCUT2D eigenvalue weighted by Gasteiger charge is -2.60. The van der Waals surface area contributed by atoms with Gasteiger partial charge in [0.25, 0.3) is 0 Å². The molecule has 0 aromatic rings. The molecule has 0 aliphatic heterocycles. The topological polar surface area (TPSA) is 57.5 Å². The number of ketones is 1. The summed E-state index contributed by atoms with van der Waals surface area (Å²) < 4.78 is 0. The first kappa shape index (κ1) is 20.8. The Labute approximate surface area is 171 Å². The van der Waals surface area contributed by atoms with Crippen LogP contribution in [0, 0.1) is 40.4 Å². The van der Waals surface area contributed by atoms with Crippen molar-refractivity contribution in [3.05, 3.63) is 0 Å². The van der Waals surface area contributed by atoms with Crippen molar-refractivity contribution < 1.29 is 15.0 Å². The van der Waals surface area contributed by atoms with E-state index < -0.39 is 5.60 Å². The Kier molecular flexibility index (Phi) is 5.27. The highest BCUT2D eigenvalue weighted by molar-refractivity contribution is 5.83. The second-order valence-electron chi connectivity index (χ2n) is 12.1. The molecule has 5 unspecified atom stereocenters. The number of hydrogen-bond donors (Lipinski definition) is 2. The van der Waals surface area contributed by atoms with Crippen molar-refractivity contribution in [1.82, 2.24) is 0 Å². The quantitative estimate of drug-likeness (QED) is 0.700. The molecule has 4 fully saturated rings. The molecule has 28 heavy (non-hydrogen) atoms. The zero-order valence-electron chi connectivity index (χ0n) is 18.5. The molecule has 0 heterocycles. The highest BCUT2D eigenvalue weighted by Crippen LogP contribution is 2.67. The van der Waals surface area contributed by atoms with Crippen LogP contribution in [0.15, 0.2) is 0 Å². The van der Waals surface area contributed by atoms with Crippen molar-refractivity contribution in [2.24, 2.45) is 40.4 Å². The zero-order valence-corrected chi connectivity index (χ0v) is 18.5. The van der Waals surface area contributed by atoms with Crippen LogP contribution in [0.5, 0.6) is 0 Å². The van der Waals surface area contributed by atoms with Gasteiger partial charge in [0.1, 0.15) is 5.78 Å². The second-order valence-corrected chi connectivity index (χ2v) is 12.1. The summed E-state index contributed by atoms with van der Waals surface area (Å²) in [5.74, 6) is 3.02. The summed E-state index contributed by atoms with van der Waals surface area (Å²) in [6.07, 6.45) is 11.5. The predicted octanol–water partition coefficient (Wildman–Crippen LogP) is 5.13. The van der Waals surface area contributed by atoms with E-state index in [1.165, 1.54) is 32.1 Å². The van der Waals surface area contributed by atoms with Crippen LogP contribution in [0.2, 0.25) is 0 Å². The molecule has 4 rings (SSSR count). The number of aliphatic hydroxyl groups is 2. The lowest BCUT2D eigenvalue weighted by atomic mass is 9.44. The lowest BCUT2D eigenvalue weighted by molar-refractivity contribution is -0.160. The summed E-state index contributed by atoms with van der Waals surface area (Å²) in [6.45, 7) is 8.76. The predicted molar refractivity (Wildman–Crippen MR) is 112 cm³/mol.